The van der Waals surface area contributed by atoms with Gasteiger partial charge in [-0.3, -0.25) is 9.69 Å². The van der Waals surface area contributed by atoms with Crippen LogP contribution in [0.1, 0.15) is 51.0 Å². The van der Waals surface area contributed by atoms with Gasteiger partial charge >= 0.3 is 0 Å². The van der Waals surface area contributed by atoms with Gasteiger partial charge in [-0.15, -0.1) is 21.5 Å². The van der Waals surface area contributed by atoms with E-state index in [4.69, 9.17) is 4.42 Å². The topological polar surface area (TPSA) is 62.5 Å². The Hall–Kier alpha value is -1.73. The molecule has 2 fully saturated rings. The maximum absolute atomic E-state index is 12.7. The quantitative estimate of drug-likeness (QED) is 0.818. The molecule has 2 aliphatic heterocycles. The number of thiophene rings is 1. The van der Waals surface area contributed by atoms with Crippen LogP contribution in [0.3, 0.4) is 0 Å². The molecule has 26 heavy (non-hydrogen) atoms. The van der Waals surface area contributed by atoms with E-state index in [1.807, 2.05) is 17.5 Å². The first-order valence-corrected chi connectivity index (χ1v) is 10.5. The van der Waals surface area contributed by atoms with Crippen molar-refractivity contribution in [2.45, 2.75) is 45.1 Å². The lowest BCUT2D eigenvalue weighted by molar-refractivity contribution is -0.138. The summed E-state index contributed by atoms with van der Waals surface area (Å²) < 4.78 is 5.88. The van der Waals surface area contributed by atoms with Crippen molar-refractivity contribution in [2.75, 3.05) is 26.2 Å². The number of rotatable bonds is 4. The molecule has 0 spiro atoms. The monoisotopic (exact) mass is 374 g/mol. The molecule has 2 aromatic heterocycles. The lowest BCUT2D eigenvalue weighted by Crippen LogP contribution is -2.44. The van der Waals surface area contributed by atoms with Crippen molar-refractivity contribution >= 4 is 17.2 Å². The van der Waals surface area contributed by atoms with Gasteiger partial charge in [-0.05, 0) is 63.6 Å². The predicted molar refractivity (Wildman–Crippen MR) is 101 cm³/mol. The number of aromatic nitrogens is 2. The normalized spacial score (nSPS) is 21.0. The molecule has 0 N–H and O–H groups in total. The molecule has 0 radical (unpaired) electrons. The Morgan fingerprint density at radius 3 is 2.65 bits per heavy atom. The van der Waals surface area contributed by atoms with E-state index < -0.39 is 0 Å². The fourth-order valence-electron chi connectivity index (χ4n) is 3.97. The Labute approximate surface area is 158 Å². The largest absolute Gasteiger partial charge is 0.418 e. The second kappa shape index (κ2) is 7.88. The van der Waals surface area contributed by atoms with Crippen molar-refractivity contribution < 1.29 is 9.21 Å². The van der Waals surface area contributed by atoms with Crippen LogP contribution >= 0.6 is 11.3 Å². The van der Waals surface area contributed by atoms with Crippen molar-refractivity contribution in [1.82, 2.24) is 20.0 Å². The third-order valence-electron chi connectivity index (χ3n) is 5.62. The maximum Gasteiger partial charge on any atom is 0.257 e. The van der Waals surface area contributed by atoms with Crippen LogP contribution in [0.5, 0.6) is 0 Å². The molecule has 2 aliphatic rings. The highest BCUT2D eigenvalue weighted by molar-refractivity contribution is 7.13. The molecule has 0 aromatic carbocycles. The molecule has 0 aliphatic carbocycles. The average molecular weight is 375 g/mol. The standard InChI is InChI=1S/C19H26N4O2S/c1-14(17-20-21-18(25-17)16-6-5-13-26-16)22-11-7-15(8-12-22)19(24)23-9-3-2-4-10-23/h5-6,13-15H,2-4,7-12H2,1H3. The van der Waals surface area contributed by atoms with Crippen LogP contribution in [0.15, 0.2) is 21.9 Å². The van der Waals surface area contributed by atoms with Crippen LogP contribution in [-0.4, -0.2) is 52.1 Å². The Morgan fingerprint density at radius 1 is 1.19 bits per heavy atom. The lowest BCUT2D eigenvalue weighted by Gasteiger charge is -2.37. The van der Waals surface area contributed by atoms with Crippen molar-refractivity contribution in [3.63, 3.8) is 0 Å². The third-order valence-corrected chi connectivity index (χ3v) is 6.48. The highest BCUT2D eigenvalue weighted by atomic mass is 32.1. The zero-order valence-corrected chi connectivity index (χ0v) is 16.1. The molecule has 1 atom stereocenters. The first-order valence-electron chi connectivity index (χ1n) is 9.62. The second-order valence-electron chi connectivity index (χ2n) is 7.29. The number of hydrogen-bond donors (Lipinski definition) is 0. The van der Waals surface area contributed by atoms with Crippen LogP contribution in [0.25, 0.3) is 10.8 Å². The highest BCUT2D eigenvalue weighted by Gasteiger charge is 2.32. The average Bonchev–Trinajstić information content (AvgIpc) is 3.39. The van der Waals surface area contributed by atoms with Gasteiger partial charge in [0, 0.05) is 19.0 Å². The summed E-state index contributed by atoms with van der Waals surface area (Å²) in [7, 11) is 0. The summed E-state index contributed by atoms with van der Waals surface area (Å²) in [6, 6.07) is 4.06. The molecular formula is C19H26N4O2S. The van der Waals surface area contributed by atoms with E-state index >= 15 is 0 Å². The van der Waals surface area contributed by atoms with E-state index in [0.717, 1.165) is 56.7 Å². The van der Waals surface area contributed by atoms with Gasteiger partial charge < -0.3 is 9.32 Å². The van der Waals surface area contributed by atoms with Gasteiger partial charge in [0.05, 0.1) is 10.9 Å². The first kappa shape index (κ1) is 17.7. The van der Waals surface area contributed by atoms with Crippen LogP contribution in [0.2, 0.25) is 0 Å². The lowest BCUT2D eigenvalue weighted by atomic mass is 9.93. The zero-order chi connectivity index (χ0) is 17.9. The van der Waals surface area contributed by atoms with E-state index in [0.29, 0.717) is 17.7 Å². The summed E-state index contributed by atoms with van der Waals surface area (Å²) in [5.41, 5.74) is 0. The van der Waals surface area contributed by atoms with Gasteiger partial charge in [-0.1, -0.05) is 6.07 Å². The Balaban J connectivity index is 1.33. The van der Waals surface area contributed by atoms with E-state index in [2.05, 4.69) is 26.9 Å². The Kier molecular flexibility index (Phi) is 5.36. The summed E-state index contributed by atoms with van der Waals surface area (Å²) in [5.74, 6) is 1.81. The SMILES string of the molecule is CC(c1nnc(-c2cccs2)o1)N1CCC(C(=O)N2CCCCC2)CC1. The Bertz CT molecular complexity index is 716. The molecule has 2 saturated heterocycles. The zero-order valence-electron chi connectivity index (χ0n) is 15.3. The molecule has 1 unspecified atom stereocenters. The van der Waals surface area contributed by atoms with Gasteiger partial charge in [0.25, 0.3) is 5.89 Å². The van der Waals surface area contributed by atoms with Gasteiger partial charge in [-0.2, -0.15) is 0 Å². The summed E-state index contributed by atoms with van der Waals surface area (Å²) in [6.07, 6.45) is 5.42. The smallest absolute Gasteiger partial charge is 0.257 e. The van der Waals surface area contributed by atoms with Crippen LogP contribution in [0.4, 0.5) is 0 Å². The molecule has 0 bridgehead atoms. The molecule has 4 rings (SSSR count). The summed E-state index contributed by atoms with van der Waals surface area (Å²) >= 11 is 1.60. The minimum atomic E-state index is 0.0854. The molecule has 140 valence electrons. The van der Waals surface area contributed by atoms with Crippen molar-refractivity contribution in [2.24, 2.45) is 5.92 Å². The Morgan fingerprint density at radius 2 is 1.96 bits per heavy atom. The summed E-state index contributed by atoms with van der Waals surface area (Å²) in [6.45, 7) is 5.81. The van der Waals surface area contributed by atoms with Gasteiger partial charge in [0.2, 0.25) is 11.8 Å². The number of carbonyl (C=O) groups excluding carboxylic acids is 1. The minimum absolute atomic E-state index is 0.0854. The van der Waals surface area contributed by atoms with Crippen molar-refractivity contribution in [3.8, 4) is 10.8 Å². The number of carbonyl (C=O) groups is 1. The number of nitrogens with zero attached hydrogens (tertiary/aromatic N) is 4. The molecule has 6 nitrogen and oxygen atoms in total. The van der Waals surface area contributed by atoms with E-state index in [9.17, 15) is 4.79 Å². The molecule has 0 saturated carbocycles. The number of hydrogen-bond acceptors (Lipinski definition) is 6. The summed E-state index contributed by atoms with van der Waals surface area (Å²) in [5, 5.41) is 10.4. The van der Waals surface area contributed by atoms with Gasteiger partial charge in [0.1, 0.15) is 0 Å². The van der Waals surface area contributed by atoms with Crippen molar-refractivity contribution in [1.29, 1.82) is 0 Å². The molecule has 7 heteroatoms. The molecule has 4 heterocycles. The number of amides is 1. The fourth-order valence-corrected chi connectivity index (χ4v) is 4.61. The highest BCUT2D eigenvalue weighted by Crippen LogP contribution is 2.30. The maximum atomic E-state index is 12.7. The number of likely N-dealkylation sites (tertiary alicyclic amines) is 2. The molecular weight excluding hydrogens is 348 g/mol. The van der Waals surface area contributed by atoms with E-state index in [1.54, 1.807) is 11.3 Å². The van der Waals surface area contributed by atoms with Crippen LogP contribution in [-0.2, 0) is 4.79 Å². The van der Waals surface area contributed by atoms with E-state index in [-0.39, 0.29) is 12.0 Å². The summed E-state index contributed by atoms with van der Waals surface area (Å²) in [4.78, 5) is 18.1. The van der Waals surface area contributed by atoms with Gasteiger partial charge in [-0.25, -0.2) is 0 Å². The number of piperidine rings is 2. The van der Waals surface area contributed by atoms with Gasteiger partial charge in [0.15, 0.2) is 0 Å². The molecule has 2 aromatic rings. The minimum Gasteiger partial charge on any atom is -0.418 e. The third kappa shape index (κ3) is 3.69. The first-order chi connectivity index (χ1) is 12.7. The van der Waals surface area contributed by atoms with E-state index in [1.165, 1.54) is 6.42 Å². The fraction of sp³-hybridized carbons (Fsp3) is 0.632. The van der Waals surface area contributed by atoms with Crippen molar-refractivity contribution in [3.05, 3.63) is 23.4 Å². The predicted octanol–water partition coefficient (Wildman–Crippen LogP) is 3.58. The van der Waals surface area contributed by atoms with Crippen LogP contribution < -0.4 is 0 Å². The van der Waals surface area contributed by atoms with Crippen LogP contribution in [0, 0.1) is 5.92 Å². The molecule has 1 amide bonds. The second-order valence-corrected chi connectivity index (χ2v) is 8.24.